The molecule has 3 rings (SSSR count). The van der Waals surface area contributed by atoms with Crippen molar-refractivity contribution < 1.29 is 14.3 Å². The molecule has 2 saturated carbocycles. The van der Waals surface area contributed by atoms with Crippen LogP contribution in [-0.4, -0.2) is 36.0 Å². The number of carbonyl (C=O) groups is 2. The Hall–Kier alpha value is -1.84. The fraction of sp³-hybridized carbons (Fsp3) is 0.600. The van der Waals surface area contributed by atoms with Crippen molar-refractivity contribution in [3.63, 3.8) is 0 Å². The monoisotopic (exact) mass is 329 g/mol. The molecule has 0 saturated heterocycles. The average molecular weight is 329 g/mol. The van der Waals surface area contributed by atoms with E-state index < -0.39 is 0 Å². The van der Waals surface area contributed by atoms with Gasteiger partial charge in [-0.25, -0.2) is 0 Å². The van der Waals surface area contributed by atoms with Crippen LogP contribution in [0.3, 0.4) is 0 Å². The number of fused-ring (bicyclic) bond motifs is 2. The first-order valence-corrected chi connectivity index (χ1v) is 8.68. The van der Waals surface area contributed by atoms with E-state index in [1.54, 1.807) is 0 Å². The Morgan fingerprint density at radius 3 is 2.29 bits per heavy atom. The number of benzene rings is 1. The first-order valence-electron chi connectivity index (χ1n) is 8.68. The summed E-state index contributed by atoms with van der Waals surface area (Å²) < 4.78 is 5.58. The predicted octanol–water partition coefficient (Wildman–Crippen LogP) is 3.52. The molecule has 0 aliphatic heterocycles. The Morgan fingerprint density at radius 2 is 1.79 bits per heavy atom. The molecule has 1 amide bonds. The number of ether oxygens (including phenoxy) is 1. The van der Waals surface area contributed by atoms with Gasteiger partial charge in [0.15, 0.2) is 0 Å². The molecule has 0 spiro atoms. The van der Waals surface area contributed by atoms with Crippen molar-refractivity contribution in [2.45, 2.75) is 52.7 Å². The Morgan fingerprint density at radius 1 is 1.17 bits per heavy atom. The molecule has 1 aromatic rings. The molecule has 130 valence electrons. The molecule has 2 bridgehead atoms. The number of carbonyl (C=O) groups excluding carboxylic acids is 2. The number of hydrogen-bond donors (Lipinski definition) is 0. The lowest BCUT2D eigenvalue weighted by molar-refractivity contribution is -0.150. The van der Waals surface area contributed by atoms with Gasteiger partial charge in [0.1, 0.15) is 6.10 Å². The molecule has 1 aromatic carbocycles. The van der Waals surface area contributed by atoms with E-state index in [2.05, 4.69) is 20.8 Å². The molecule has 2 aliphatic carbocycles. The van der Waals surface area contributed by atoms with Gasteiger partial charge in [0.25, 0.3) is 5.91 Å². The standard InChI is InChI=1S/C20H27NO3/c1-13(22)24-16-12-20(4)17(11-15(16)19(20,2)3)21(5)18(23)14-9-7-6-8-10-14/h6-10,15-17H,11-12H2,1-5H3/t15-,16+,17+,20-/m0/s1. The first-order chi connectivity index (χ1) is 11.2. The molecular formula is C20H27NO3. The van der Waals surface area contributed by atoms with Crippen LogP contribution in [0.2, 0.25) is 0 Å². The van der Waals surface area contributed by atoms with E-state index in [0.717, 1.165) is 18.4 Å². The smallest absolute Gasteiger partial charge is 0.302 e. The van der Waals surface area contributed by atoms with E-state index >= 15 is 0 Å². The summed E-state index contributed by atoms with van der Waals surface area (Å²) in [5, 5.41) is 0. The summed E-state index contributed by atoms with van der Waals surface area (Å²) in [7, 11) is 1.91. The Kier molecular flexibility index (Phi) is 3.97. The Labute approximate surface area is 144 Å². The number of rotatable bonds is 3. The van der Waals surface area contributed by atoms with Gasteiger partial charge in [-0.05, 0) is 35.8 Å². The van der Waals surface area contributed by atoms with Gasteiger partial charge < -0.3 is 9.64 Å². The van der Waals surface area contributed by atoms with E-state index in [0.29, 0.717) is 5.92 Å². The van der Waals surface area contributed by atoms with Crippen LogP contribution in [0, 0.1) is 16.7 Å². The van der Waals surface area contributed by atoms with Crippen molar-refractivity contribution in [1.82, 2.24) is 4.90 Å². The van der Waals surface area contributed by atoms with Gasteiger partial charge in [-0.2, -0.15) is 0 Å². The zero-order valence-corrected chi connectivity index (χ0v) is 15.2. The molecule has 4 atom stereocenters. The quantitative estimate of drug-likeness (QED) is 0.797. The summed E-state index contributed by atoms with van der Waals surface area (Å²) in [6, 6.07) is 9.59. The molecule has 0 heterocycles. The highest BCUT2D eigenvalue weighted by molar-refractivity contribution is 5.94. The lowest BCUT2D eigenvalue weighted by Crippen LogP contribution is -2.49. The third-order valence-electron chi connectivity index (χ3n) is 6.81. The number of nitrogens with zero attached hydrogens (tertiary/aromatic N) is 1. The van der Waals surface area contributed by atoms with Gasteiger partial charge in [-0.1, -0.05) is 39.0 Å². The molecule has 0 N–H and O–H groups in total. The van der Waals surface area contributed by atoms with Crippen molar-refractivity contribution in [2.24, 2.45) is 16.7 Å². The molecule has 24 heavy (non-hydrogen) atoms. The van der Waals surface area contributed by atoms with Crippen LogP contribution < -0.4 is 0 Å². The summed E-state index contributed by atoms with van der Waals surface area (Å²) in [5.41, 5.74) is 0.695. The normalized spacial score (nSPS) is 33.3. The summed E-state index contributed by atoms with van der Waals surface area (Å²) in [6.07, 6.45) is 1.68. The minimum atomic E-state index is -0.211. The van der Waals surface area contributed by atoms with Crippen LogP contribution in [0.4, 0.5) is 0 Å². The highest BCUT2D eigenvalue weighted by atomic mass is 16.5. The second-order valence-electron chi connectivity index (χ2n) is 8.13. The van der Waals surface area contributed by atoms with Crippen molar-refractivity contribution in [3.05, 3.63) is 35.9 Å². The van der Waals surface area contributed by atoms with E-state index in [9.17, 15) is 9.59 Å². The van der Waals surface area contributed by atoms with Gasteiger partial charge in [0.05, 0.1) is 0 Å². The van der Waals surface area contributed by atoms with Crippen LogP contribution in [0.5, 0.6) is 0 Å². The largest absolute Gasteiger partial charge is 0.462 e. The molecule has 2 aliphatic rings. The highest BCUT2D eigenvalue weighted by Crippen LogP contribution is 2.67. The van der Waals surface area contributed by atoms with E-state index in [4.69, 9.17) is 4.74 Å². The van der Waals surface area contributed by atoms with Gasteiger partial charge in [0, 0.05) is 31.5 Å². The van der Waals surface area contributed by atoms with Crippen LogP contribution in [0.15, 0.2) is 30.3 Å². The van der Waals surface area contributed by atoms with Gasteiger partial charge in [-0.15, -0.1) is 0 Å². The van der Waals surface area contributed by atoms with Gasteiger partial charge in [-0.3, -0.25) is 9.59 Å². The Balaban J connectivity index is 1.85. The maximum atomic E-state index is 12.9. The number of esters is 1. The third kappa shape index (κ3) is 2.35. The third-order valence-corrected chi connectivity index (χ3v) is 6.81. The summed E-state index contributed by atoms with van der Waals surface area (Å²) in [5.74, 6) is 0.147. The SMILES string of the molecule is CC(=O)O[C@@H]1C[C@@]2(C)[C@H](N(C)C(=O)c3ccccc3)C[C@@H]1C2(C)C. The van der Waals surface area contributed by atoms with Crippen LogP contribution >= 0.6 is 0 Å². The van der Waals surface area contributed by atoms with E-state index in [1.807, 2.05) is 42.3 Å². The number of hydrogen-bond acceptors (Lipinski definition) is 3. The van der Waals surface area contributed by atoms with Crippen LogP contribution in [-0.2, 0) is 9.53 Å². The summed E-state index contributed by atoms with van der Waals surface area (Å²) >= 11 is 0. The fourth-order valence-electron chi connectivity index (χ4n) is 5.07. The van der Waals surface area contributed by atoms with Gasteiger partial charge in [0.2, 0.25) is 0 Å². The maximum Gasteiger partial charge on any atom is 0.302 e. The second kappa shape index (κ2) is 5.61. The molecular weight excluding hydrogens is 302 g/mol. The zero-order chi connectivity index (χ0) is 17.7. The molecule has 0 radical (unpaired) electrons. The van der Waals surface area contributed by atoms with Crippen molar-refractivity contribution in [2.75, 3.05) is 7.05 Å². The topological polar surface area (TPSA) is 46.6 Å². The van der Waals surface area contributed by atoms with Crippen molar-refractivity contribution >= 4 is 11.9 Å². The number of amides is 1. The van der Waals surface area contributed by atoms with E-state index in [-0.39, 0.29) is 34.9 Å². The van der Waals surface area contributed by atoms with Crippen LogP contribution in [0.25, 0.3) is 0 Å². The predicted molar refractivity (Wildman–Crippen MR) is 92.5 cm³/mol. The van der Waals surface area contributed by atoms with Crippen molar-refractivity contribution in [1.29, 1.82) is 0 Å². The van der Waals surface area contributed by atoms with E-state index in [1.165, 1.54) is 6.92 Å². The average Bonchev–Trinajstić information content (AvgIpc) is 2.84. The molecule has 0 aromatic heterocycles. The summed E-state index contributed by atoms with van der Waals surface area (Å²) in [4.78, 5) is 26.2. The van der Waals surface area contributed by atoms with Gasteiger partial charge >= 0.3 is 5.97 Å². The fourth-order valence-corrected chi connectivity index (χ4v) is 5.07. The second-order valence-corrected chi connectivity index (χ2v) is 8.13. The molecule has 0 unspecified atom stereocenters. The summed E-state index contributed by atoms with van der Waals surface area (Å²) in [6.45, 7) is 8.23. The minimum Gasteiger partial charge on any atom is -0.462 e. The molecule has 4 heteroatoms. The van der Waals surface area contributed by atoms with Crippen LogP contribution in [0.1, 0.15) is 50.9 Å². The first kappa shape index (κ1) is 17.0. The lowest BCUT2D eigenvalue weighted by atomic mass is 9.69. The highest BCUT2D eigenvalue weighted by Gasteiger charge is 2.67. The Bertz CT molecular complexity index is 654. The lowest BCUT2D eigenvalue weighted by Gasteiger charge is -2.43. The molecule has 4 nitrogen and oxygen atoms in total. The minimum absolute atomic E-state index is 0.0287. The van der Waals surface area contributed by atoms with Crippen molar-refractivity contribution in [3.8, 4) is 0 Å². The maximum absolute atomic E-state index is 12.9. The molecule has 2 fully saturated rings. The zero-order valence-electron chi connectivity index (χ0n) is 15.2.